The molecule has 28 heavy (non-hydrogen) atoms. The zero-order valence-electron chi connectivity index (χ0n) is 16.5. The molecule has 1 saturated carbocycles. The van der Waals surface area contributed by atoms with E-state index in [2.05, 4.69) is 10.6 Å². The largest absolute Gasteiger partial charge is 0.444 e. The summed E-state index contributed by atoms with van der Waals surface area (Å²) in [5.74, 6) is -0.356. The molecule has 152 valence electrons. The third kappa shape index (κ3) is 6.37. The van der Waals surface area contributed by atoms with Crippen LogP contribution in [0.25, 0.3) is 6.08 Å². The Kier molecular flexibility index (Phi) is 6.77. The number of rotatable bonds is 6. The summed E-state index contributed by atoms with van der Waals surface area (Å²) in [6, 6.07) is 6.22. The number of nitro groups is 1. The second kappa shape index (κ2) is 8.86. The third-order valence-corrected chi connectivity index (χ3v) is 4.47. The molecule has 1 aromatic rings. The Labute approximate surface area is 164 Å². The quantitative estimate of drug-likeness (QED) is 0.439. The normalized spacial score (nSPS) is 16.0. The number of para-hydroxylation sites is 1. The number of hydrogen-bond acceptors (Lipinski definition) is 5. The zero-order chi connectivity index (χ0) is 20.8. The highest BCUT2D eigenvalue weighted by Gasteiger charge is 2.35. The molecule has 0 heterocycles. The fourth-order valence-corrected chi connectivity index (χ4v) is 3.22. The fourth-order valence-electron chi connectivity index (χ4n) is 3.22. The lowest BCUT2D eigenvalue weighted by Gasteiger charge is -2.30. The monoisotopic (exact) mass is 389 g/mol. The summed E-state index contributed by atoms with van der Waals surface area (Å²) in [7, 11) is 0. The molecule has 8 nitrogen and oxygen atoms in total. The van der Waals surface area contributed by atoms with Crippen LogP contribution in [-0.4, -0.2) is 34.6 Å². The van der Waals surface area contributed by atoms with Gasteiger partial charge in [0.25, 0.3) is 5.69 Å². The minimum atomic E-state index is -0.594. The number of nitrogens with zero attached hydrogens (tertiary/aromatic N) is 1. The van der Waals surface area contributed by atoms with Crippen LogP contribution >= 0.6 is 0 Å². The average Bonchev–Trinajstić information content (AvgIpc) is 3.05. The van der Waals surface area contributed by atoms with Crippen LogP contribution in [0.1, 0.15) is 52.0 Å². The summed E-state index contributed by atoms with van der Waals surface area (Å²) in [6.07, 6.45) is 5.58. The second-order valence-electron chi connectivity index (χ2n) is 7.98. The van der Waals surface area contributed by atoms with Crippen molar-refractivity contribution in [1.29, 1.82) is 0 Å². The fraction of sp³-hybridized carbons (Fsp3) is 0.500. The summed E-state index contributed by atoms with van der Waals surface area (Å²) >= 11 is 0. The number of carbonyl (C=O) groups is 2. The van der Waals surface area contributed by atoms with Crippen LogP contribution in [0.5, 0.6) is 0 Å². The number of nitro benzene ring substituents is 1. The van der Waals surface area contributed by atoms with Crippen molar-refractivity contribution in [2.24, 2.45) is 0 Å². The maximum absolute atomic E-state index is 12.4. The molecule has 0 aromatic heterocycles. The van der Waals surface area contributed by atoms with Crippen LogP contribution in [-0.2, 0) is 9.53 Å². The topological polar surface area (TPSA) is 111 Å². The zero-order valence-corrected chi connectivity index (χ0v) is 16.5. The Morgan fingerprint density at radius 2 is 1.89 bits per heavy atom. The van der Waals surface area contributed by atoms with Crippen molar-refractivity contribution in [3.8, 4) is 0 Å². The SMILES string of the molecule is CC(C)(C)OC(=O)NCC1(NC(=O)/C=C/c2ccccc2[N+](=O)[O-])CCCC1. The first-order valence-electron chi connectivity index (χ1n) is 9.31. The Hall–Kier alpha value is -2.90. The van der Waals surface area contributed by atoms with Crippen molar-refractivity contribution >= 4 is 23.8 Å². The van der Waals surface area contributed by atoms with Gasteiger partial charge in [-0.2, -0.15) is 0 Å². The molecule has 0 spiro atoms. The summed E-state index contributed by atoms with van der Waals surface area (Å²) in [4.78, 5) is 34.9. The molecule has 2 amide bonds. The highest BCUT2D eigenvalue weighted by molar-refractivity contribution is 5.93. The number of benzene rings is 1. The minimum absolute atomic E-state index is 0.0614. The predicted octanol–water partition coefficient (Wildman–Crippen LogP) is 3.56. The van der Waals surface area contributed by atoms with Crippen molar-refractivity contribution in [1.82, 2.24) is 10.6 Å². The number of nitrogens with one attached hydrogen (secondary N) is 2. The number of carbonyl (C=O) groups excluding carboxylic acids is 2. The molecule has 2 N–H and O–H groups in total. The van der Waals surface area contributed by atoms with E-state index in [4.69, 9.17) is 4.74 Å². The second-order valence-corrected chi connectivity index (χ2v) is 7.98. The van der Waals surface area contributed by atoms with E-state index in [9.17, 15) is 19.7 Å². The minimum Gasteiger partial charge on any atom is -0.444 e. The van der Waals surface area contributed by atoms with Crippen LogP contribution in [0, 0.1) is 10.1 Å². The molecule has 0 unspecified atom stereocenters. The predicted molar refractivity (Wildman–Crippen MR) is 106 cm³/mol. The van der Waals surface area contributed by atoms with E-state index >= 15 is 0 Å². The van der Waals surface area contributed by atoms with Crippen LogP contribution in [0.2, 0.25) is 0 Å². The van der Waals surface area contributed by atoms with Gasteiger partial charge in [-0.25, -0.2) is 4.79 Å². The summed E-state index contributed by atoms with van der Waals surface area (Å²) in [5, 5.41) is 16.8. The molecule has 1 aliphatic rings. The third-order valence-electron chi connectivity index (χ3n) is 4.47. The Bertz CT molecular complexity index is 761. The van der Waals surface area contributed by atoms with Crippen molar-refractivity contribution in [3.63, 3.8) is 0 Å². The van der Waals surface area contributed by atoms with E-state index in [0.717, 1.165) is 25.7 Å². The van der Waals surface area contributed by atoms with Gasteiger partial charge in [0.05, 0.1) is 16.0 Å². The lowest BCUT2D eigenvalue weighted by molar-refractivity contribution is -0.385. The molecule has 0 bridgehead atoms. The molecule has 8 heteroatoms. The van der Waals surface area contributed by atoms with E-state index in [0.29, 0.717) is 5.56 Å². The van der Waals surface area contributed by atoms with Gasteiger partial charge >= 0.3 is 6.09 Å². The van der Waals surface area contributed by atoms with Gasteiger partial charge in [0.2, 0.25) is 5.91 Å². The van der Waals surface area contributed by atoms with E-state index < -0.39 is 22.2 Å². The molecular formula is C20H27N3O5. The molecule has 0 radical (unpaired) electrons. The molecule has 0 atom stereocenters. The molecule has 2 rings (SSSR count). The number of ether oxygens (including phenoxy) is 1. The van der Waals surface area contributed by atoms with Crippen LogP contribution in [0.3, 0.4) is 0 Å². The highest BCUT2D eigenvalue weighted by atomic mass is 16.6. The number of hydrogen-bond donors (Lipinski definition) is 2. The van der Waals surface area contributed by atoms with Crippen molar-refractivity contribution < 1.29 is 19.2 Å². The van der Waals surface area contributed by atoms with Gasteiger partial charge in [0.1, 0.15) is 5.60 Å². The standard InChI is InChI=1S/C20H27N3O5/c1-19(2,3)28-18(25)21-14-20(12-6-7-13-20)22-17(24)11-10-15-8-4-5-9-16(15)23(26)27/h4-5,8-11H,6-7,12-14H2,1-3H3,(H,21,25)(H,22,24)/b11-10+. The maximum Gasteiger partial charge on any atom is 0.407 e. The van der Waals surface area contributed by atoms with Gasteiger partial charge in [-0.1, -0.05) is 25.0 Å². The lowest BCUT2D eigenvalue weighted by atomic mass is 9.97. The first kappa shape index (κ1) is 21.4. The van der Waals surface area contributed by atoms with Crippen LogP contribution in [0.4, 0.5) is 10.5 Å². The van der Waals surface area contributed by atoms with Gasteiger partial charge in [-0.05, 0) is 45.8 Å². The van der Waals surface area contributed by atoms with Crippen molar-refractivity contribution in [3.05, 3.63) is 46.0 Å². The van der Waals surface area contributed by atoms with Gasteiger partial charge in [0, 0.05) is 18.7 Å². The van der Waals surface area contributed by atoms with E-state index in [1.54, 1.807) is 39.0 Å². The molecule has 0 aliphatic heterocycles. The van der Waals surface area contributed by atoms with Gasteiger partial charge in [-0.15, -0.1) is 0 Å². The Balaban J connectivity index is 2.01. The molecule has 0 saturated heterocycles. The van der Waals surface area contributed by atoms with Gasteiger partial charge in [-0.3, -0.25) is 14.9 Å². The number of amides is 2. The maximum atomic E-state index is 12.4. The van der Waals surface area contributed by atoms with E-state index in [-0.39, 0.29) is 18.1 Å². The average molecular weight is 389 g/mol. The first-order chi connectivity index (χ1) is 13.1. The summed E-state index contributed by atoms with van der Waals surface area (Å²) < 4.78 is 5.25. The van der Waals surface area contributed by atoms with Gasteiger partial charge in [0.15, 0.2) is 0 Å². The molecule has 1 aromatic carbocycles. The summed E-state index contributed by atoms with van der Waals surface area (Å²) in [6.45, 7) is 5.63. The first-order valence-corrected chi connectivity index (χ1v) is 9.31. The van der Waals surface area contributed by atoms with E-state index in [1.165, 1.54) is 18.2 Å². The van der Waals surface area contributed by atoms with Gasteiger partial charge < -0.3 is 15.4 Å². The molecule has 1 fully saturated rings. The number of alkyl carbamates (subject to hydrolysis) is 1. The Morgan fingerprint density at radius 1 is 1.25 bits per heavy atom. The smallest absolute Gasteiger partial charge is 0.407 e. The van der Waals surface area contributed by atoms with Crippen molar-refractivity contribution in [2.45, 2.75) is 57.6 Å². The summed E-state index contributed by atoms with van der Waals surface area (Å²) in [5.41, 5.74) is -0.840. The van der Waals surface area contributed by atoms with E-state index in [1.807, 2.05) is 0 Å². The van der Waals surface area contributed by atoms with Crippen molar-refractivity contribution in [2.75, 3.05) is 6.54 Å². The van der Waals surface area contributed by atoms with Crippen LogP contribution in [0.15, 0.2) is 30.3 Å². The lowest BCUT2D eigenvalue weighted by Crippen LogP contribution is -2.54. The molecule has 1 aliphatic carbocycles. The van der Waals surface area contributed by atoms with Crippen LogP contribution < -0.4 is 10.6 Å². The molecular weight excluding hydrogens is 362 g/mol. The Morgan fingerprint density at radius 3 is 2.50 bits per heavy atom. The highest BCUT2D eigenvalue weighted by Crippen LogP contribution is 2.29.